The maximum atomic E-state index is 9.53. The minimum atomic E-state index is -0.334. The molecule has 0 aliphatic carbocycles. The normalized spacial score (nSPS) is 11.0. The molecule has 92 valence electrons. The summed E-state index contributed by atoms with van der Waals surface area (Å²) in [5.74, 6) is 0. The molecule has 0 aliphatic heterocycles. The number of anilines is 1. The van der Waals surface area contributed by atoms with E-state index in [1.165, 1.54) is 0 Å². The first-order valence-corrected chi connectivity index (χ1v) is 6.00. The summed E-state index contributed by atoms with van der Waals surface area (Å²) in [6.45, 7) is 6.13. The zero-order chi connectivity index (χ0) is 12.9. The first kappa shape index (κ1) is 13.5. The number of nitrogens with zero attached hydrogens (tertiary/aromatic N) is 1. The monoisotopic (exact) mass is 232 g/mol. The Bertz CT molecular complexity index is 408. The molecule has 0 aliphatic rings. The summed E-state index contributed by atoms with van der Waals surface area (Å²) < 4.78 is 0. The number of hydrogen-bond donors (Lipinski definition) is 2. The molecule has 0 amide bonds. The van der Waals surface area contributed by atoms with E-state index < -0.39 is 0 Å². The van der Waals surface area contributed by atoms with Gasteiger partial charge in [-0.3, -0.25) is 0 Å². The second kappa shape index (κ2) is 5.70. The topological polar surface area (TPSA) is 56.0 Å². The summed E-state index contributed by atoms with van der Waals surface area (Å²) in [5.41, 5.74) is 2.20. The third kappa shape index (κ3) is 2.98. The van der Waals surface area contributed by atoms with Gasteiger partial charge in [-0.05, 0) is 37.5 Å². The van der Waals surface area contributed by atoms with Crippen molar-refractivity contribution in [1.82, 2.24) is 0 Å². The molecule has 0 radical (unpaired) electrons. The maximum absolute atomic E-state index is 9.53. The summed E-state index contributed by atoms with van der Waals surface area (Å²) in [4.78, 5) is 0. The SMILES string of the molecule is CCC(CC)(CO)Nc1cc(C)ccc1C#N. The fourth-order valence-electron chi connectivity index (χ4n) is 1.83. The maximum Gasteiger partial charge on any atom is 0.101 e. The molecule has 0 fully saturated rings. The van der Waals surface area contributed by atoms with E-state index >= 15 is 0 Å². The van der Waals surface area contributed by atoms with Crippen molar-refractivity contribution in [2.24, 2.45) is 0 Å². The molecule has 17 heavy (non-hydrogen) atoms. The van der Waals surface area contributed by atoms with Crippen LogP contribution in [0.3, 0.4) is 0 Å². The lowest BCUT2D eigenvalue weighted by atomic mass is 9.93. The number of rotatable bonds is 5. The number of hydrogen-bond acceptors (Lipinski definition) is 3. The molecule has 0 saturated carbocycles. The summed E-state index contributed by atoms with van der Waals surface area (Å²) in [6.07, 6.45) is 1.64. The van der Waals surface area contributed by atoms with Crippen molar-refractivity contribution in [2.75, 3.05) is 11.9 Å². The van der Waals surface area contributed by atoms with Crippen molar-refractivity contribution < 1.29 is 5.11 Å². The number of aryl methyl sites for hydroxylation is 1. The summed E-state index contributed by atoms with van der Waals surface area (Å²) in [7, 11) is 0. The molecule has 0 bridgehead atoms. The van der Waals surface area contributed by atoms with Crippen LogP contribution in [0.15, 0.2) is 18.2 Å². The van der Waals surface area contributed by atoms with Crippen LogP contribution in [0.2, 0.25) is 0 Å². The highest BCUT2D eigenvalue weighted by atomic mass is 16.3. The van der Waals surface area contributed by atoms with E-state index in [2.05, 4.69) is 11.4 Å². The highest BCUT2D eigenvalue weighted by Crippen LogP contribution is 2.25. The Labute approximate surface area is 103 Å². The first-order chi connectivity index (χ1) is 8.10. The standard InChI is InChI=1S/C14H20N2O/c1-4-14(5-2,10-17)16-13-8-11(3)6-7-12(13)9-15/h6-8,16-17H,4-5,10H2,1-3H3. The van der Waals surface area contributed by atoms with Gasteiger partial charge >= 0.3 is 0 Å². The Balaban J connectivity index is 3.09. The third-order valence-electron chi connectivity index (χ3n) is 3.35. The average molecular weight is 232 g/mol. The van der Waals surface area contributed by atoms with Crippen molar-refractivity contribution in [2.45, 2.75) is 39.2 Å². The molecule has 3 heteroatoms. The Kier molecular flexibility index (Phi) is 4.53. The van der Waals surface area contributed by atoms with E-state index in [-0.39, 0.29) is 12.1 Å². The van der Waals surface area contributed by atoms with Gasteiger partial charge in [0.15, 0.2) is 0 Å². The molecule has 1 aromatic rings. The summed E-state index contributed by atoms with van der Waals surface area (Å²) in [5, 5.41) is 21.9. The van der Waals surface area contributed by atoms with Crippen LogP contribution < -0.4 is 5.32 Å². The number of nitriles is 1. The predicted molar refractivity (Wildman–Crippen MR) is 69.9 cm³/mol. The Morgan fingerprint density at radius 3 is 2.47 bits per heavy atom. The highest BCUT2D eigenvalue weighted by Gasteiger charge is 2.25. The lowest BCUT2D eigenvalue weighted by Gasteiger charge is -2.32. The molecule has 0 atom stereocenters. The molecule has 0 unspecified atom stereocenters. The molecule has 1 aromatic carbocycles. The average Bonchev–Trinajstić information content (AvgIpc) is 2.36. The second-order valence-electron chi connectivity index (χ2n) is 4.43. The van der Waals surface area contributed by atoms with Crippen LogP contribution in [-0.4, -0.2) is 17.3 Å². The van der Waals surface area contributed by atoms with Gasteiger partial charge in [0.05, 0.1) is 23.4 Å². The van der Waals surface area contributed by atoms with E-state index in [0.29, 0.717) is 5.56 Å². The third-order valence-corrected chi connectivity index (χ3v) is 3.35. The van der Waals surface area contributed by atoms with Crippen molar-refractivity contribution in [3.8, 4) is 6.07 Å². The van der Waals surface area contributed by atoms with Crippen molar-refractivity contribution in [1.29, 1.82) is 5.26 Å². The van der Waals surface area contributed by atoms with Gasteiger partial charge in [0.1, 0.15) is 6.07 Å². The van der Waals surface area contributed by atoms with Gasteiger partial charge in [0, 0.05) is 0 Å². The van der Waals surface area contributed by atoms with Gasteiger partial charge in [0.2, 0.25) is 0 Å². The van der Waals surface area contributed by atoms with E-state index in [1.54, 1.807) is 0 Å². The quantitative estimate of drug-likeness (QED) is 0.820. The zero-order valence-corrected chi connectivity index (χ0v) is 10.7. The molecule has 0 spiro atoms. The fraction of sp³-hybridized carbons (Fsp3) is 0.500. The van der Waals surface area contributed by atoms with Gasteiger partial charge in [-0.2, -0.15) is 5.26 Å². The lowest BCUT2D eigenvalue weighted by Crippen LogP contribution is -2.41. The molecular weight excluding hydrogens is 212 g/mol. The zero-order valence-electron chi connectivity index (χ0n) is 10.7. The smallest absolute Gasteiger partial charge is 0.101 e. The second-order valence-corrected chi connectivity index (χ2v) is 4.43. The fourth-order valence-corrected chi connectivity index (χ4v) is 1.83. The summed E-state index contributed by atoms with van der Waals surface area (Å²) in [6, 6.07) is 7.86. The molecule has 0 aromatic heterocycles. The molecule has 2 N–H and O–H groups in total. The minimum Gasteiger partial charge on any atom is -0.394 e. The Hall–Kier alpha value is -1.53. The van der Waals surface area contributed by atoms with E-state index in [4.69, 9.17) is 5.26 Å². The predicted octanol–water partition coefficient (Wildman–Crippen LogP) is 2.83. The van der Waals surface area contributed by atoms with Gasteiger partial charge in [-0.1, -0.05) is 19.9 Å². The van der Waals surface area contributed by atoms with Crippen molar-refractivity contribution in [3.05, 3.63) is 29.3 Å². The van der Waals surface area contributed by atoms with Crippen LogP contribution in [0.1, 0.15) is 37.8 Å². The number of aliphatic hydroxyl groups is 1. The molecular formula is C14H20N2O. The van der Waals surface area contributed by atoms with Gasteiger partial charge < -0.3 is 10.4 Å². The Morgan fingerprint density at radius 1 is 1.35 bits per heavy atom. The lowest BCUT2D eigenvalue weighted by molar-refractivity contribution is 0.202. The highest BCUT2D eigenvalue weighted by molar-refractivity contribution is 5.60. The van der Waals surface area contributed by atoms with E-state index in [1.807, 2.05) is 39.0 Å². The van der Waals surface area contributed by atoms with Gasteiger partial charge in [-0.25, -0.2) is 0 Å². The van der Waals surface area contributed by atoms with E-state index in [0.717, 1.165) is 24.1 Å². The molecule has 3 nitrogen and oxygen atoms in total. The van der Waals surface area contributed by atoms with E-state index in [9.17, 15) is 5.11 Å². The van der Waals surface area contributed by atoms with Crippen LogP contribution >= 0.6 is 0 Å². The Morgan fingerprint density at radius 2 is 2.00 bits per heavy atom. The molecule has 0 saturated heterocycles. The largest absolute Gasteiger partial charge is 0.394 e. The molecule has 1 rings (SSSR count). The van der Waals surface area contributed by atoms with Crippen LogP contribution in [0.5, 0.6) is 0 Å². The van der Waals surface area contributed by atoms with Crippen LogP contribution in [0, 0.1) is 18.3 Å². The van der Waals surface area contributed by atoms with Crippen LogP contribution in [-0.2, 0) is 0 Å². The van der Waals surface area contributed by atoms with Crippen molar-refractivity contribution >= 4 is 5.69 Å². The number of aliphatic hydroxyl groups excluding tert-OH is 1. The number of nitrogens with one attached hydrogen (secondary N) is 1. The van der Waals surface area contributed by atoms with Gasteiger partial charge in [-0.15, -0.1) is 0 Å². The first-order valence-electron chi connectivity index (χ1n) is 6.00. The minimum absolute atomic E-state index is 0.0683. The van der Waals surface area contributed by atoms with Crippen molar-refractivity contribution in [3.63, 3.8) is 0 Å². The van der Waals surface area contributed by atoms with Gasteiger partial charge in [0.25, 0.3) is 0 Å². The molecule has 0 heterocycles. The van der Waals surface area contributed by atoms with Crippen LogP contribution in [0.25, 0.3) is 0 Å². The van der Waals surface area contributed by atoms with Crippen LogP contribution in [0.4, 0.5) is 5.69 Å². The summed E-state index contributed by atoms with van der Waals surface area (Å²) >= 11 is 0. The number of benzene rings is 1.